The van der Waals surface area contributed by atoms with Gasteiger partial charge in [0.15, 0.2) is 0 Å². The van der Waals surface area contributed by atoms with E-state index in [1.165, 1.54) is 44.9 Å². The van der Waals surface area contributed by atoms with E-state index in [1.54, 1.807) is 0 Å². The van der Waals surface area contributed by atoms with Crippen molar-refractivity contribution >= 4 is 9.24 Å². The number of hydrogen-bond donors (Lipinski definition) is 0. The molecule has 3 atom stereocenters. The Morgan fingerprint density at radius 1 is 1.07 bits per heavy atom. The molecule has 0 saturated carbocycles. The lowest BCUT2D eigenvalue weighted by atomic mass is 9.92. The summed E-state index contributed by atoms with van der Waals surface area (Å²) >= 11 is 0. The largest absolute Gasteiger partial charge is 0.130 e. The fraction of sp³-hybridized carbons (Fsp3) is 0.846. The summed E-state index contributed by atoms with van der Waals surface area (Å²) in [7, 11) is 2.94. The minimum atomic E-state index is 0.624. The Labute approximate surface area is 92.8 Å². The first kappa shape index (κ1) is 14.2. The van der Waals surface area contributed by atoms with Gasteiger partial charge in [0.2, 0.25) is 0 Å². The van der Waals surface area contributed by atoms with E-state index in [9.17, 15) is 0 Å². The Bertz CT molecular complexity index is 131. The van der Waals surface area contributed by atoms with Crippen LogP contribution in [0.4, 0.5) is 0 Å². The molecular weight excluding hydrogens is 187 g/mol. The predicted octanol–water partition coefficient (Wildman–Crippen LogP) is 4.80. The smallest absolute Gasteiger partial charge is 0.00602 e. The first-order chi connectivity index (χ1) is 6.76. The molecule has 0 rings (SSSR count). The summed E-state index contributed by atoms with van der Waals surface area (Å²) in [4.78, 5) is 0. The third-order valence-corrected chi connectivity index (χ3v) is 3.74. The van der Waals surface area contributed by atoms with Crippen molar-refractivity contribution in [1.82, 2.24) is 0 Å². The molecule has 1 heteroatoms. The van der Waals surface area contributed by atoms with Crippen molar-refractivity contribution in [2.75, 3.05) is 0 Å². The zero-order chi connectivity index (χ0) is 10.8. The minimum Gasteiger partial charge on any atom is -0.130 e. The van der Waals surface area contributed by atoms with Crippen LogP contribution in [0.2, 0.25) is 0 Å². The number of allylic oxidation sites excluding steroid dienone is 1. The van der Waals surface area contributed by atoms with Crippen molar-refractivity contribution in [1.29, 1.82) is 0 Å². The summed E-state index contributed by atoms with van der Waals surface area (Å²) < 4.78 is 0. The van der Waals surface area contributed by atoms with Crippen LogP contribution in [-0.4, -0.2) is 5.66 Å². The third-order valence-electron chi connectivity index (χ3n) is 2.92. The molecule has 3 unspecified atom stereocenters. The van der Waals surface area contributed by atoms with Crippen LogP contribution in [0, 0.1) is 5.92 Å². The van der Waals surface area contributed by atoms with E-state index in [0.717, 1.165) is 5.92 Å². The molecule has 0 N–H and O–H groups in total. The zero-order valence-corrected chi connectivity index (χ0v) is 11.1. The molecule has 0 amide bonds. The highest BCUT2D eigenvalue weighted by Gasteiger charge is 2.13. The lowest BCUT2D eigenvalue weighted by molar-refractivity contribution is 0.426. The molecule has 0 fully saturated rings. The second kappa shape index (κ2) is 9.71. The van der Waals surface area contributed by atoms with Gasteiger partial charge in [0, 0.05) is 0 Å². The first-order valence-electron chi connectivity index (χ1n) is 6.14. The highest BCUT2D eigenvalue weighted by atomic mass is 31.0. The molecule has 0 aromatic heterocycles. The van der Waals surface area contributed by atoms with Gasteiger partial charge in [-0.25, -0.2) is 0 Å². The van der Waals surface area contributed by atoms with Crippen molar-refractivity contribution in [2.24, 2.45) is 5.92 Å². The standard InChI is InChI=1S/C13H27P/c1-4-7-9-11-12(10-8-5-2)13(14)6-3/h6,12-13H,3-5,7-11,14H2,1-2H3. The van der Waals surface area contributed by atoms with Crippen molar-refractivity contribution < 1.29 is 0 Å². The molecule has 0 radical (unpaired) electrons. The zero-order valence-electron chi connectivity index (χ0n) is 9.97. The molecule has 0 nitrogen and oxygen atoms in total. The topological polar surface area (TPSA) is 0 Å². The van der Waals surface area contributed by atoms with Crippen molar-refractivity contribution in [2.45, 2.75) is 64.5 Å². The lowest BCUT2D eigenvalue weighted by Gasteiger charge is -2.20. The van der Waals surface area contributed by atoms with Crippen LogP contribution in [0.3, 0.4) is 0 Å². The molecule has 14 heavy (non-hydrogen) atoms. The van der Waals surface area contributed by atoms with Gasteiger partial charge < -0.3 is 0 Å². The third kappa shape index (κ3) is 6.60. The summed E-state index contributed by atoms with van der Waals surface area (Å²) in [6.45, 7) is 8.44. The second-order valence-electron chi connectivity index (χ2n) is 4.21. The summed E-state index contributed by atoms with van der Waals surface area (Å²) in [5.74, 6) is 0.851. The molecule has 84 valence electrons. The van der Waals surface area contributed by atoms with E-state index in [2.05, 4.69) is 35.7 Å². The van der Waals surface area contributed by atoms with E-state index in [-0.39, 0.29) is 0 Å². The average Bonchev–Trinajstić information content (AvgIpc) is 2.22. The Hall–Kier alpha value is 0.170. The van der Waals surface area contributed by atoms with Gasteiger partial charge in [0.25, 0.3) is 0 Å². The maximum Gasteiger partial charge on any atom is -0.00602 e. The van der Waals surface area contributed by atoms with Crippen LogP contribution < -0.4 is 0 Å². The van der Waals surface area contributed by atoms with E-state index >= 15 is 0 Å². The summed E-state index contributed by atoms with van der Waals surface area (Å²) in [6, 6.07) is 0. The Morgan fingerprint density at radius 3 is 2.14 bits per heavy atom. The quantitative estimate of drug-likeness (QED) is 0.294. The molecule has 0 heterocycles. The fourth-order valence-corrected chi connectivity index (χ4v) is 2.23. The van der Waals surface area contributed by atoms with Crippen LogP contribution in [-0.2, 0) is 0 Å². The van der Waals surface area contributed by atoms with E-state index in [4.69, 9.17) is 0 Å². The molecule has 0 saturated heterocycles. The minimum absolute atomic E-state index is 0.624. The van der Waals surface area contributed by atoms with Gasteiger partial charge in [0.1, 0.15) is 0 Å². The van der Waals surface area contributed by atoms with E-state index in [1.807, 2.05) is 0 Å². The Kier molecular flexibility index (Phi) is 9.83. The first-order valence-corrected chi connectivity index (χ1v) is 6.81. The van der Waals surface area contributed by atoms with Crippen molar-refractivity contribution in [3.63, 3.8) is 0 Å². The van der Waals surface area contributed by atoms with Gasteiger partial charge >= 0.3 is 0 Å². The van der Waals surface area contributed by atoms with Gasteiger partial charge in [-0.2, -0.15) is 0 Å². The van der Waals surface area contributed by atoms with E-state index in [0.29, 0.717) is 5.66 Å². The van der Waals surface area contributed by atoms with Crippen LogP contribution >= 0.6 is 9.24 Å². The van der Waals surface area contributed by atoms with Gasteiger partial charge in [-0.15, -0.1) is 15.8 Å². The molecule has 0 aromatic carbocycles. The number of hydrogen-bond acceptors (Lipinski definition) is 0. The second-order valence-corrected chi connectivity index (χ2v) is 4.98. The summed E-state index contributed by atoms with van der Waals surface area (Å²) in [5, 5.41) is 0. The summed E-state index contributed by atoms with van der Waals surface area (Å²) in [6.07, 6.45) is 11.6. The molecular formula is C13H27P. The van der Waals surface area contributed by atoms with Crippen LogP contribution in [0.15, 0.2) is 12.7 Å². The molecule has 0 aliphatic heterocycles. The predicted molar refractivity (Wildman–Crippen MR) is 70.9 cm³/mol. The molecule has 0 bridgehead atoms. The summed E-state index contributed by atoms with van der Waals surface area (Å²) in [5.41, 5.74) is 0.624. The normalized spacial score (nSPS) is 15.1. The Morgan fingerprint density at radius 2 is 1.64 bits per heavy atom. The van der Waals surface area contributed by atoms with Crippen molar-refractivity contribution in [3.8, 4) is 0 Å². The molecule has 0 aromatic rings. The maximum atomic E-state index is 3.90. The van der Waals surface area contributed by atoms with Gasteiger partial charge in [0.05, 0.1) is 0 Å². The van der Waals surface area contributed by atoms with E-state index < -0.39 is 0 Å². The SMILES string of the molecule is C=CC(P)C(CCCC)CCCCC. The molecule has 0 spiro atoms. The lowest BCUT2D eigenvalue weighted by Crippen LogP contribution is -2.12. The van der Waals surface area contributed by atoms with Gasteiger partial charge in [-0.1, -0.05) is 52.0 Å². The number of unbranched alkanes of at least 4 members (excludes halogenated alkanes) is 3. The molecule has 0 aliphatic carbocycles. The van der Waals surface area contributed by atoms with Crippen LogP contribution in [0.25, 0.3) is 0 Å². The van der Waals surface area contributed by atoms with Gasteiger partial charge in [-0.05, 0) is 24.4 Å². The van der Waals surface area contributed by atoms with Crippen LogP contribution in [0.1, 0.15) is 58.8 Å². The highest BCUT2D eigenvalue weighted by molar-refractivity contribution is 7.18. The van der Waals surface area contributed by atoms with Crippen LogP contribution in [0.5, 0.6) is 0 Å². The highest BCUT2D eigenvalue weighted by Crippen LogP contribution is 2.26. The Balaban J connectivity index is 3.77. The van der Waals surface area contributed by atoms with Crippen molar-refractivity contribution in [3.05, 3.63) is 12.7 Å². The number of rotatable bonds is 9. The maximum absolute atomic E-state index is 3.90. The molecule has 0 aliphatic rings. The monoisotopic (exact) mass is 214 g/mol. The van der Waals surface area contributed by atoms with Gasteiger partial charge in [-0.3, -0.25) is 0 Å². The fourth-order valence-electron chi connectivity index (χ4n) is 1.84. The average molecular weight is 214 g/mol.